The van der Waals surface area contributed by atoms with E-state index in [1.165, 1.54) is 0 Å². The minimum atomic E-state index is -0.317. The molecule has 148 valence electrons. The van der Waals surface area contributed by atoms with Gasteiger partial charge in [0.25, 0.3) is 0 Å². The van der Waals surface area contributed by atoms with E-state index in [1.54, 1.807) is 25.5 Å². The van der Waals surface area contributed by atoms with E-state index in [2.05, 4.69) is 19.9 Å². The average molecular weight is 407 g/mol. The second kappa shape index (κ2) is 8.40. The topological polar surface area (TPSA) is 72.3 Å². The lowest BCUT2D eigenvalue weighted by atomic mass is 10.0. The summed E-state index contributed by atoms with van der Waals surface area (Å²) in [6, 6.07) is 13.2. The maximum atomic E-state index is 12.3. The van der Waals surface area contributed by atoms with Gasteiger partial charge in [0.15, 0.2) is 5.11 Å². The molecule has 1 N–H and O–H groups in total. The number of ether oxygens (including phenoxy) is 1. The van der Waals surface area contributed by atoms with Gasteiger partial charge >= 0.3 is 5.97 Å². The normalized spacial score (nSPS) is 18.5. The number of nitrogens with one attached hydrogen (secondary N) is 1. The molecule has 29 heavy (non-hydrogen) atoms. The molecule has 4 heterocycles. The number of carbonyl (C=O) groups excluding carboxylic acids is 1. The molecule has 0 amide bonds. The second-order valence-electron chi connectivity index (χ2n) is 6.57. The van der Waals surface area contributed by atoms with Crippen LogP contribution in [0.1, 0.15) is 30.4 Å². The van der Waals surface area contributed by atoms with Gasteiger partial charge in [-0.1, -0.05) is 6.07 Å². The van der Waals surface area contributed by atoms with Crippen molar-refractivity contribution in [1.29, 1.82) is 0 Å². The van der Waals surface area contributed by atoms with Crippen LogP contribution in [0.4, 0.5) is 0 Å². The lowest BCUT2D eigenvalue weighted by Gasteiger charge is -2.28. The summed E-state index contributed by atoms with van der Waals surface area (Å²) in [6.45, 7) is 2.18. The molecular formula is C21H21N5O2S. The average Bonchev–Trinajstić information content (AvgIpc) is 3.34. The van der Waals surface area contributed by atoms with Crippen LogP contribution in [0, 0.1) is 0 Å². The van der Waals surface area contributed by atoms with E-state index >= 15 is 0 Å². The first-order valence-corrected chi connectivity index (χ1v) is 9.81. The van der Waals surface area contributed by atoms with Crippen LogP contribution < -0.4 is 5.32 Å². The van der Waals surface area contributed by atoms with E-state index in [9.17, 15) is 4.79 Å². The minimum absolute atomic E-state index is 0.0614. The molecule has 0 aromatic carbocycles. The molecule has 0 saturated carbocycles. The summed E-state index contributed by atoms with van der Waals surface area (Å²) in [5, 5.41) is 3.84. The van der Waals surface area contributed by atoms with Gasteiger partial charge in [0.1, 0.15) is 6.54 Å². The van der Waals surface area contributed by atoms with Gasteiger partial charge in [0, 0.05) is 24.3 Å². The molecular weight excluding hydrogens is 386 g/mol. The molecule has 2 atom stereocenters. The van der Waals surface area contributed by atoms with Crippen molar-refractivity contribution in [2.75, 3.05) is 13.2 Å². The van der Waals surface area contributed by atoms with Crippen molar-refractivity contribution >= 4 is 23.3 Å². The van der Waals surface area contributed by atoms with Crippen LogP contribution in [0.2, 0.25) is 0 Å². The van der Waals surface area contributed by atoms with Crippen LogP contribution in [0.5, 0.6) is 0 Å². The zero-order chi connectivity index (χ0) is 20.2. The van der Waals surface area contributed by atoms with Crippen LogP contribution in [-0.4, -0.2) is 43.7 Å². The number of rotatable bonds is 6. The van der Waals surface area contributed by atoms with E-state index in [1.807, 2.05) is 53.6 Å². The highest BCUT2D eigenvalue weighted by atomic mass is 32.1. The standard InChI is InChI=1S/C21H21N5O2S/c1-2-28-18(27)14-26-20(19(24-21(26)29)16-8-3-4-11-23-16)17-9-6-12-25(17)15-7-5-10-22-13-15/h3-13,19-20H,2,14H2,1H3,(H,24,29). The fourth-order valence-corrected chi connectivity index (χ4v) is 3.91. The Morgan fingerprint density at radius 1 is 1.21 bits per heavy atom. The van der Waals surface area contributed by atoms with E-state index in [0.717, 1.165) is 17.1 Å². The van der Waals surface area contributed by atoms with Crippen molar-refractivity contribution < 1.29 is 9.53 Å². The van der Waals surface area contributed by atoms with Crippen molar-refractivity contribution in [3.8, 4) is 5.69 Å². The molecule has 0 radical (unpaired) electrons. The van der Waals surface area contributed by atoms with Crippen LogP contribution in [-0.2, 0) is 9.53 Å². The molecule has 0 spiro atoms. The Balaban J connectivity index is 1.77. The number of thiocarbonyl (C=S) groups is 1. The molecule has 1 fully saturated rings. The van der Waals surface area contributed by atoms with Crippen LogP contribution in [0.25, 0.3) is 5.69 Å². The molecule has 8 heteroatoms. The molecule has 3 aromatic rings. The number of hydrogen-bond acceptors (Lipinski definition) is 5. The summed E-state index contributed by atoms with van der Waals surface area (Å²) in [5.74, 6) is -0.317. The van der Waals surface area contributed by atoms with Crippen molar-refractivity contribution in [1.82, 2.24) is 24.8 Å². The van der Waals surface area contributed by atoms with Crippen molar-refractivity contribution in [3.05, 3.63) is 78.6 Å². The highest BCUT2D eigenvalue weighted by molar-refractivity contribution is 7.80. The van der Waals surface area contributed by atoms with Crippen molar-refractivity contribution in [3.63, 3.8) is 0 Å². The molecule has 0 aliphatic carbocycles. The maximum Gasteiger partial charge on any atom is 0.325 e. The van der Waals surface area contributed by atoms with Crippen LogP contribution in [0.15, 0.2) is 67.3 Å². The molecule has 2 unspecified atom stereocenters. The smallest absolute Gasteiger partial charge is 0.325 e. The van der Waals surface area contributed by atoms with E-state index in [0.29, 0.717) is 11.7 Å². The zero-order valence-electron chi connectivity index (χ0n) is 15.9. The number of hydrogen-bond donors (Lipinski definition) is 1. The number of carbonyl (C=O) groups is 1. The number of aromatic nitrogens is 3. The predicted molar refractivity (Wildman–Crippen MR) is 112 cm³/mol. The van der Waals surface area contributed by atoms with E-state index in [-0.39, 0.29) is 24.6 Å². The Morgan fingerprint density at radius 3 is 2.83 bits per heavy atom. The number of nitrogens with zero attached hydrogens (tertiary/aromatic N) is 4. The molecule has 1 aliphatic rings. The fourth-order valence-electron chi connectivity index (χ4n) is 3.61. The molecule has 1 aliphatic heterocycles. The molecule has 0 bridgehead atoms. The van der Waals surface area contributed by atoms with Gasteiger partial charge in [-0.25, -0.2) is 0 Å². The number of esters is 1. The Labute approximate surface area is 174 Å². The summed E-state index contributed by atoms with van der Waals surface area (Å²) in [4.78, 5) is 22.9. The van der Waals surface area contributed by atoms with E-state index < -0.39 is 0 Å². The second-order valence-corrected chi connectivity index (χ2v) is 6.96. The minimum Gasteiger partial charge on any atom is -0.465 e. The third-order valence-corrected chi connectivity index (χ3v) is 5.16. The van der Waals surface area contributed by atoms with Gasteiger partial charge < -0.3 is 19.5 Å². The molecule has 1 saturated heterocycles. The van der Waals surface area contributed by atoms with Gasteiger partial charge in [-0.2, -0.15) is 0 Å². The zero-order valence-corrected chi connectivity index (χ0v) is 16.7. The summed E-state index contributed by atoms with van der Waals surface area (Å²) >= 11 is 5.59. The van der Waals surface area contributed by atoms with Crippen molar-refractivity contribution in [2.24, 2.45) is 0 Å². The fraction of sp³-hybridized carbons (Fsp3) is 0.238. The lowest BCUT2D eigenvalue weighted by Crippen LogP contribution is -2.36. The van der Waals surface area contributed by atoms with E-state index in [4.69, 9.17) is 17.0 Å². The number of pyridine rings is 2. The summed E-state index contributed by atoms with van der Waals surface area (Å²) in [5.41, 5.74) is 2.76. The van der Waals surface area contributed by atoms with Crippen molar-refractivity contribution in [2.45, 2.75) is 19.0 Å². The molecule has 4 rings (SSSR count). The highest BCUT2D eigenvalue weighted by Crippen LogP contribution is 2.39. The SMILES string of the molecule is CCOC(=O)CN1C(=S)NC(c2ccccn2)C1c1cccn1-c1cccnc1. The Morgan fingerprint density at radius 2 is 2.10 bits per heavy atom. The molecule has 7 nitrogen and oxygen atoms in total. The summed E-state index contributed by atoms with van der Waals surface area (Å²) in [6.07, 6.45) is 7.27. The quantitative estimate of drug-likeness (QED) is 0.498. The Hall–Kier alpha value is -3.26. The summed E-state index contributed by atoms with van der Waals surface area (Å²) < 4.78 is 7.23. The third kappa shape index (κ3) is 3.84. The van der Waals surface area contributed by atoms with Gasteiger partial charge in [-0.15, -0.1) is 0 Å². The Kier molecular flexibility index (Phi) is 5.53. The van der Waals surface area contributed by atoms with Crippen LogP contribution in [0.3, 0.4) is 0 Å². The van der Waals surface area contributed by atoms with Gasteiger partial charge in [-0.05, 0) is 55.5 Å². The van der Waals surface area contributed by atoms with Gasteiger partial charge in [0.05, 0.1) is 36.3 Å². The monoisotopic (exact) mass is 407 g/mol. The highest BCUT2D eigenvalue weighted by Gasteiger charge is 2.42. The lowest BCUT2D eigenvalue weighted by molar-refractivity contribution is -0.143. The largest absolute Gasteiger partial charge is 0.465 e. The predicted octanol–water partition coefficient (Wildman–Crippen LogP) is 2.80. The first kappa shape index (κ1) is 19.1. The summed E-state index contributed by atoms with van der Waals surface area (Å²) in [7, 11) is 0. The first-order chi connectivity index (χ1) is 14.2. The third-order valence-electron chi connectivity index (χ3n) is 4.81. The van der Waals surface area contributed by atoms with Crippen LogP contribution >= 0.6 is 12.2 Å². The van der Waals surface area contributed by atoms with Gasteiger partial charge in [0.2, 0.25) is 0 Å². The maximum absolute atomic E-state index is 12.3. The van der Waals surface area contributed by atoms with Gasteiger partial charge in [-0.3, -0.25) is 14.8 Å². The first-order valence-electron chi connectivity index (χ1n) is 9.40. The Bertz CT molecular complexity index is 993. The molecule has 3 aromatic heterocycles.